The van der Waals surface area contributed by atoms with Crippen LogP contribution in [0.5, 0.6) is 0 Å². The average Bonchev–Trinajstić information content (AvgIpc) is 2.97. The van der Waals surface area contributed by atoms with Gasteiger partial charge in [-0.3, -0.25) is 4.79 Å². The number of amides is 1. The van der Waals surface area contributed by atoms with E-state index in [4.69, 9.17) is 0 Å². The summed E-state index contributed by atoms with van der Waals surface area (Å²) in [7, 11) is 0. The smallest absolute Gasteiger partial charge is 0.255 e. The molecule has 90 valence electrons. The molecule has 2 heterocycles. The second-order valence-corrected chi connectivity index (χ2v) is 4.93. The van der Waals surface area contributed by atoms with Gasteiger partial charge < -0.3 is 0 Å². The Labute approximate surface area is 108 Å². The molecule has 5 nitrogen and oxygen atoms in total. The van der Waals surface area contributed by atoms with Gasteiger partial charge in [0.15, 0.2) is 0 Å². The van der Waals surface area contributed by atoms with Crippen LogP contribution in [-0.2, 0) is 4.79 Å². The lowest BCUT2D eigenvalue weighted by Gasteiger charge is -2.04. The number of hydrogen-bond acceptors (Lipinski definition) is 5. The summed E-state index contributed by atoms with van der Waals surface area (Å²) < 4.78 is 0. The van der Waals surface area contributed by atoms with E-state index in [1.165, 1.54) is 16.3 Å². The van der Waals surface area contributed by atoms with Crippen molar-refractivity contribution in [1.29, 1.82) is 0 Å². The third kappa shape index (κ3) is 1.91. The number of aromatic nitrogens is 2. The molecule has 3 rings (SSSR count). The number of benzene rings is 1. The molecule has 1 amide bonds. The van der Waals surface area contributed by atoms with Gasteiger partial charge in [0, 0.05) is 11.3 Å². The van der Waals surface area contributed by atoms with Gasteiger partial charge in [0.25, 0.3) is 5.91 Å². The van der Waals surface area contributed by atoms with E-state index in [0.29, 0.717) is 11.6 Å². The summed E-state index contributed by atoms with van der Waals surface area (Å²) in [5, 5.41) is 14.9. The third-order valence-electron chi connectivity index (χ3n) is 2.53. The second kappa shape index (κ2) is 4.30. The summed E-state index contributed by atoms with van der Waals surface area (Å²) >= 11 is 1.36. The Kier molecular flexibility index (Phi) is 2.64. The zero-order valence-electron chi connectivity index (χ0n) is 9.70. The number of nitrogens with zero attached hydrogens (tertiary/aromatic N) is 4. The number of anilines is 1. The molecule has 18 heavy (non-hydrogen) atoms. The Hall–Kier alpha value is -2.08. The molecule has 1 aliphatic rings. The lowest BCUT2D eigenvalue weighted by Crippen LogP contribution is -2.19. The first-order valence-corrected chi connectivity index (χ1v) is 6.31. The molecule has 0 unspecified atom stereocenters. The highest BCUT2D eigenvalue weighted by molar-refractivity contribution is 7.18. The first-order valence-electron chi connectivity index (χ1n) is 5.50. The maximum absolute atomic E-state index is 11.7. The summed E-state index contributed by atoms with van der Waals surface area (Å²) in [6.45, 7) is 1.83. The van der Waals surface area contributed by atoms with Crippen LogP contribution < -0.4 is 5.01 Å². The van der Waals surface area contributed by atoms with Crippen LogP contribution in [0, 0.1) is 0 Å². The van der Waals surface area contributed by atoms with E-state index in [-0.39, 0.29) is 5.91 Å². The van der Waals surface area contributed by atoms with Crippen LogP contribution >= 0.6 is 11.3 Å². The maximum atomic E-state index is 11.7. The van der Waals surface area contributed by atoms with E-state index in [1.54, 1.807) is 0 Å². The van der Waals surface area contributed by atoms with Crippen molar-refractivity contribution in [2.75, 3.05) is 5.01 Å². The topological polar surface area (TPSA) is 58.5 Å². The van der Waals surface area contributed by atoms with Crippen molar-refractivity contribution >= 4 is 28.1 Å². The number of rotatable bonds is 2. The second-order valence-electron chi connectivity index (χ2n) is 3.97. The number of hydrogen-bond donors (Lipinski definition) is 0. The molecule has 0 saturated carbocycles. The predicted octanol–water partition coefficient (Wildman–Crippen LogP) is 2.32. The van der Waals surface area contributed by atoms with E-state index in [9.17, 15) is 4.79 Å². The van der Waals surface area contributed by atoms with Crippen molar-refractivity contribution in [2.45, 2.75) is 13.3 Å². The van der Waals surface area contributed by atoms with Gasteiger partial charge in [-0.05, 0) is 6.92 Å². The molecule has 0 saturated heterocycles. The fourth-order valence-electron chi connectivity index (χ4n) is 1.70. The van der Waals surface area contributed by atoms with Crippen molar-refractivity contribution in [2.24, 2.45) is 5.10 Å². The van der Waals surface area contributed by atoms with Gasteiger partial charge in [-0.15, -0.1) is 10.2 Å². The predicted molar refractivity (Wildman–Crippen MR) is 70.6 cm³/mol. The van der Waals surface area contributed by atoms with Crippen LogP contribution in [0.2, 0.25) is 0 Å². The minimum atomic E-state index is -0.0525. The highest BCUT2D eigenvalue weighted by Gasteiger charge is 2.26. The van der Waals surface area contributed by atoms with Gasteiger partial charge in [-0.2, -0.15) is 10.1 Å². The molecular formula is C12H10N4OS. The molecule has 1 aromatic carbocycles. The van der Waals surface area contributed by atoms with Gasteiger partial charge in [-0.25, -0.2) is 0 Å². The summed E-state index contributed by atoms with van der Waals surface area (Å²) in [5.74, 6) is -0.0525. The molecule has 0 spiro atoms. The van der Waals surface area contributed by atoms with Gasteiger partial charge in [0.2, 0.25) is 5.13 Å². The molecule has 0 aliphatic carbocycles. The molecule has 0 atom stereocenters. The average molecular weight is 258 g/mol. The molecule has 0 N–H and O–H groups in total. The normalized spacial score (nSPS) is 15.1. The van der Waals surface area contributed by atoms with Crippen molar-refractivity contribution in [1.82, 2.24) is 10.2 Å². The highest BCUT2D eigenvalue weighted by atomic mass is 32.1. The van der Waals surface area contributed by atoms with Crippen molar-refractivity contribution in [3.05, 3.63) is 30.3 Å². The molecule has 1 aromatic heterocycles. The molecule has 1 aliphatic heterocycles. The lowest BCUT2D eigenvalue weighted by atomic mass is 10.2. The molecule has 0 fully saturated rings. The standard InChI is InChI=1S/C12H10N4OS/c1-8-7-10(17)16(15-8)12-14-13-11(18-12)9-5-3-2-4-6-9/h2-6H,7H2,1H3. The van der Waals surface area contributed by atoms with E-state index in [0.717, 1.165) is 16.3 Å². The first kappa shape index (κ1) is 11.0. The minimum Gasteiger partial charge on any atom is -0.272 e. The fraction of sp³-hybridized carbons (Fsp3) is 0.167. The number of hydrazone groups is 1. The van der Waals surface area contributed by atoms with Crippen LogP contribution in [0.1, 0.15) is 13.3 Å². The summed E-state index contributed by atoms with van der Waals surface area (Å²) in [6, 6.07) is 9.76. The molecule has 6 heteroatoms. The van der Waals surface area contributed by atoms with E-state index in [2.05, 4.69) is 15.3 Å². The van der Waals surface area contributed by atoms with Crippen LogP contribution in [0.3, 0.4) is 0 Å². The molecule has 0 bridgehead atoms. The maximum Gasteiger partial charge on any atom is 0.255 e. The van der Waals surface area contributed by atoms with Crippen molar-refractivity contribution < 1.29 is 4.79 Å². The minimum absolute atomic E-state index is 0.0525. The molecule has 2 aromatic rings. The van der Waals surface area contributed by atoms with E-state index < -0.39 is 0 Å². The Morgan fingerprint density at radius 1 is 1.22 bits per heavy atom. The van der Waals surface area contributed by atoms with Gasteiger partial charge in [-0.1, -0.05) is 41.7 Å². The summed E-state index contributed by atoms with van der Waals surface area (Å²) in [4.78, 5) is 11.7. The van der Waals surface area contributed by atoms with Gasteiger partial charge in [0.1, 0.15) is 5.01 Å². The van der Waals surface area contributed by atoms with Crippen molar-refractivity contribution in [3.8, 4) is 10.6 Å². The van der Waals surface area contributed by atoms with Crippen molar-refractivity contribution in [3.63, 3.8) is 0 Å². The SMILES string of the molecule is CC1=NN(c2nnc(-c3ccccc3)s2)C(=O)C1. The molecular weight excluding hydrogens is 248 g/mol. The number of carbonyl (C=O) groups excluding carboxylic acids is 1. The van der Waals surface area contributed by atoms with E-state index in [1.807, 2.05) is 37.3 Å². The summed E-state index contributed by atoms with van der Waals surface area (Å²) in [6.07, 6.45) is 0.361. The fourth-order valence-corrected chi connectivity index (χ4v) is 2.52. The van der Waals surface area contributed by atoms with Gasteiger partial charge >= 0.3 is 0 Å². The Morgan fingerprint density at radius 2 is 2.00 bits per heavy atom. The highest BCUT2D eigenvalue weighted by Crippen LogP contribution is 2.30. The van der Waals surface area contributed by atoms with Crippen LogP contribution in [-0.4, -0.2) is 21.8 Å². The monoisotopic (exact) mass is 258 g/mol. The zero-order chi connectivity index (χ0) is 12.5. The zero-order valence-corrected chi connectivity index (χ0v) is 10.5. The van der Waals surface area contributed by atoms with Crippen LogP contribution in [0.25, 0.3) is 10.6 Å². The lowest BCUT2D eigenvalue weighted by molar-refractivity contribution is -0.116. The van der Waals surface area contributed by atoms with Gasteiger partial charge in [0.05, 0.1) is 6.42 Å². The quantitative estimate of drug-likeness (QED) is 0.830. The van der Waals surface area contributed by atoms with Crippen LogP contribution in [0.15, 0.2) is 35.4 Å². The van der Waals surface area contributed by atoms with E-state index >= 15 is 0 Å². The first-order chi connectivity index (χ1) is 8.74. The Bertz CT molecular complexity index is 620. The summed E-state index contributed by atoms with van der Waals surface area (Å²) in [5.41, 5.74) is 1.80. The van der Waals surface area contributed by atoms with Crippen LogP contribution in [0.4, 0.5) is 5.13 Å². The Morgan fingerprint density at radius 3 is 2.67 bits per heavy atom. The Balaban J connectivity index is 1.93. The number of carbonyl (C=O) groups is 1. The molecule has 0 radical (unpaired) electrons. The largest absolute Gasteiger partial charge is 0.272 e. The third-order valence-corrected chi connectivity index (χ3v) is 3.48.